The van der Waals surface area contributed by atoms with Gasteiger partial charge in [0.2, 0.25) is 0 Å². The topological polar surface area (TPSA) is 61.0 Å². The van der Waals surface area contributed by atoms with E-state index in [9.17, 15) is 0 Å². The molecule has 0 spiro atoms. The minimum Gasteiger partial charge on any atom is -0.475 e. The lowest BCUT2D eigenvalue weighted by atomic mass is 10.1. The van der Waals surface area contributed by atoms with Gasteiger partial charge in [0.15, 0.2) is 5.82 Å². The van der Waals surface area contributed by atoms with Crippen molar-refractivity contribution >= 4 is 21.7 Å². The van der Waals surface area contributed by atoms with Crippen LogP contribution in [-0.4, -0.2) is 16.6 Å². The minimum absolute atomic E-state index is 0.358. The van der Waals surface area contributed by atoms with Crippen LogP contribution in [0.25, 0.3) is 0 Å². The van der Waals surface area contributed by atoms with Crippen molar-refractivity contribution in [1.82, 2.24) is 9.97 Å². The number of nitrogens with zero attached hydrogens (tertiary/aromatic N) is 2. The Bertz CT molecular complexity index is 339. The number of hydrogen-bond donors (Lipinski definition) is 1. The van der Waals surface area contributed by atoms with Crippen LogP contribution in [0.1, 0.15) is 25.7 Å². The average molecular weight is 272 g/mol. The predicted molar refractivity (Wildman–Crippen MR) is 61.6 cm³/mol. The van der Waals surface area contributed by atoms with Gasteiger partial charge in [0, 0.05) is 0 Å². The van der Waals surface area contributed by atoms with Crippen molar-refractivity contribution in [2.75, 3.05) is 12.3 Å². The molecule has 0 aromatic carbocycles. The van der Waals surface area contributed by atoms with Gasteiger partial charge >= 0.3 is 0 Å². The molecule has 1 fully saturated rings. The molecular weight excluding hydrogens is 258 g/mol. The Hall–Kier alpha value is -0.840. The Labute approximate surface area is 97.4 Å². The van der Waals surface area contributed by atoms with Crippen LogP contribution in [0.3, 0.4) is 0 Å². The zero-order valence-corrected chi connectivity index (χ0v) is 10.0. The van der Waals surface area contributed by atoms with Crippen LogP contribution in [0.4, 0.5) is 5.82 Å². The van der Waals surface area contributed by atoms with Crippen LogP contribution in [0.5, 0.6) is 5.88 Å². The molecule has 15 heavy (non-hydrogen) atoms. The summed E-state index contributed by atoms with van der Waals surface area (Å²) in [4.78, 5) is 8.11. The van der Waals surface area contributed by atoms with Crippen LogP contribution >= 0.6 is 15.9 Å². The highest BCUT2D eigenvalue weighted by Crippen LogP contribution is 2.26. The fourth-order valence-electron chi connectivity index (χ4n) is 1.84. The summed E-state index contributed by atoms with van der Waals surface area (Å²) in [5, 5.41) is 0. The van der Waals surface area contributed by atoms with E-state index in [2.05, 4.69) is 25.9 Å². The van der Waals surface area contributed by atoms with E-state index in [0.29, 0.717) is 28.8 Å². The molecule has 4 nitrogen and oxygen atoms in total. The third-order valence-electron chi connectivity index (χ3n) is 2.67. The monoisotopic (exact) mass is 271 g/mol. The lowest BCUT2D eigenvalue weighted by Gasteiger charge is -2.11. The number of rotatable bonds is 3. The van der Waals surface area contributed by atoms with E-state index in [1.807, 2.05) is 0 Å². The van der Waals surface area contributed by atoms with E-state index in [1.165, 1.54) is 25.7 Å². The Kier molecular flexibility index (Phi) is 3.41. The highest BCUT2D eigenvalue weighted by Gasteiger charge is 2.16. The Morgan fingerprint density at radius 1 is 1.47 bits per heavy atom. The van der Waals surface area contributed by atoms with Crippen LogP contribution in [0.15, 0.2) is 10.8 Å². The number of nitrogens with two attached hydrogens (primary N) is 1. The van der Waals surface area contributed by atoms with Gasteiger partial charge < -0.3 is 10.5 Å². The fourth-order valence-corrected chi connectivity index (χ4v) is 2.10. The van der Waals surface area contributed by atoms with Gasteiger partial charge in [0.05, 0.1) is 12.8 Å². The molecule has 0 bridgehead atoms. The maximum absolute atomic E-state index is 5.65. The van der Waals surface area contributed by atoms with Crippen molar-refractivity contribution in [3.63, 3.8) is 0 Å². The molecule has 1 heterocycles. The second-order valence-electron chi connectivity index (χ2n) is 3.84. The molecule has 0 amide bonds. The van der Waals surface area contributed by atoms with E-state index in [-0.39, 0.29) is 0 Å². The van der Waals surface area contributed by atoms with Crippen LogP contribution in [-0.2, 0) is 0 Å². The van der Waals surface area contributed by atoms with Crippen molar-refractivity contribution < 1.29 is 4.74 Å². The molecular formula is C10H14BrN3O. The van der Waals surface area contributed by atoms with E-state index < -0.39 is 0 Å². The number of anilines is 1. The summed E-state index contributed by atoms with van der Waals surface area (Å²) >= 11 is 3.24. The zero-order valence-electron chi connectivity index (χ0n) is 8.45. The van der Waals surface area contributed by atoms with Gasteiger partial charge in [-0.1, -0.05) is 12.8 Å². The van der Waals surface area contributed by atoms with E-state index >= 15 is 0 Å². The van der Waals surface area contributed by atoms with Gasteiger partial charge in [-0.05, 0) is 34.7 Å². The first-order valence-electron chi connectivity index (χ1n) is 5.16. The number of halogens is 1. The Balaban J connectivity index is 1.94. The molecule has 1 aromatic rings. The highest BCUT2D eigenvalue weighted by molar-refractivity contribution is 9.10. The summed E-state index contributed by atoms with van der Waals surface area (Å²) in [7, 11) is 0. The van der Waals surface area contributed by atoms with E-state index in [4.69, 9.17) is 10.5 Å². The highest BCUT2D eigenvalue weighted by atomic mass is 79.9. The lowest BCUT2D eigenvalue weighted by molar-refractivity contribution is 0.244. The van der Waals surface area contributed by atoms with Gasteiger partial charge in [-0.25, -0.2) is 9.97 Å². The summed E-state index contributed by atoms with van der Waals surface area (Å²) in [6, 6.07) is 0. The number of aromatic nitrogens is 2. The van der Waals surface area contributed by atoms with Crippen molar-refractivity contribution in [1.29, 1.82) is 0 Å². The molecule has 82 valence electrons. The number of ether oxygens (including phenoxy) is 1. The molecule has 1 aliphatic carbocycles. The maximum atomic E-state index is 5.65. The average Bonchev–Trinajstić information content (AvgIpc) is 2.72. The normalized spacial score (nSPS) is 16.9. The van der Waals surface area contributed by atoms with Crippen LogP contribution in [0, 0.1) is 5.92 Å². The third kappa shape index (κ3) is 2.81. The van der Waals surface area contributed by atoms with Gasteiger partial charge in [-0.15, -0.1) is 0 Å². The summed E-state index contributed by atoms with van der Waals surface area (Å²) in [6.07, 6.45) is 6.70. The molecule has 5 heteroatoms. The minimum atomic E-state index is 0.358. The molecule has 1 aliphatic rings. The number of nitrogen functional groups attached to an aromatic ring is 1. The Morgan fingerprint density at radius 3 is 2.93 bits per heavy atom. The third-order valence-corrected chi connectivity index (χ3v) is 3.05. The van der Waals surface area contributed by atoms with E-state index in [1.54, 1.807) is 6.20 Å². The Morgan fingerprint density at radius 2 is 2.20 bits per heavy atom. The second-order valence-corrected chi connectivity index (χ2v) is 4.66. The van der Waals surface area contributed by atoms with Gasteiger partial charge in [-0.3, -0.25) is 0 Å². The first-order valence-corrected chi connectivity index (χ1v) is 5.96. The van der Waals surface area contributed by atoms with Crippen molar-refractivity contribution in [3.05, 3.63) is 10.8 Å². The van der Waals surface area contributed by atoms with E-state index in [0.717, 1.165) is 0 Å². The predicted octanol–water partition coefficient (Wildman–Crippen LogP) is 2.39. The van der Waals surface area contributed by atoms with Gasteiger partial charge in [0.25, 0.3) is 5.88 Å². The molecule has 0 radical (unpaired) electrons. The number of hydrogen-bond acceptors (Lipinski definition) is 4. The molecule has 0 unspecified atom stereocenters. The van der Waals surface area contributed by atoms with Crippen molar-refractivity contribution in [2.45, 2.75) is 25.7 Å². The summed E-state index contributed by atoms with van der Waals surface area (Å²) in [5.41, 5.74) is 5.65. The molecule has 0 atom stereocenters. The molecule has 2 N–H and O–H groups in total. The smallest absolute Gasteiger partial charge is 0.258 e. The lowest BCUT2D eigenvalue weighted by Crippen LogP contribution is -2.10. The molecule has 0 aliphatic heterocycles. The first kappa shape index (κ1) is 10.7. The van der Waals surface area contributed by atoms with Crippen molar-refractivity contribution in [3.8, 4) is 5.88 Å². The first-order chi connectivity index (χ1) is 7.25. The van der Waals surface area contributed by atoms with Crippen molar-refractivity contribution in [2.24, 2.45) is 5.92 Å². The van der Waals surface area contributed by atoms with Gasteiger partial charge in [-0.2, -0.15) is 0 Å². The largest absolute Gasteiger partial charge is 0.475 e. The quantitative estimate of drug-likeness (QED) is 0.917. The summed E-state index contributed by atoms with van der Waals surface area (Å²) < 4.78 is 6.22. The zero-order chi connectivity index (χ0) is 10.7. The second kappa shape index (κ2) is 4.79. The molecule has 0 saturated heterocycles. The molecule has 1 aromatic heterocycles. The van der Waals surface area contributed by atoms with Gasteiger partial charge in [0.1, 0.15) is 4.60 Å². The standard InChI is InChI=1S/C10H14BrN3O/c11-8-5-13-9(12)10(14-8)15-6-7-3-1-2-4-7/h5,7H,1-4,6H2,(H2,12,13). The molecule has 2 rings (SSSR count). The fraction of sp³-hybridized carbons (Fsp3) is 0.600. The summed E-state index contributed by atoms with van der Waals surface area (Å²) in [6.45, 7) is 0.704. The van der Waals surface area contributed by atoms with Crippen LogP contribution < -0.4 is 10.5 Å². The molecule has 1 saturated carbocycles. The maximum Gasteiger partial charge on any atom is 0.258 e. The summed E-state index contributed by atoms with van der Waals surface area (Å²) in [5.74, 6) is 1.46. The SMILES string of the molecule is Nc1ncc(Br)nc1OCC1CCCC1. The van der Waals surface area contributed by atoms with Crippen LogP contribution in [0.2, 0.25) is 0 Å².